The van der Waals surface area contributed by atoms with E-state index in [2.05, 4.69) is 32.4 Å². The van der Waals surface area contributed by atoms with E-state index >= 15 is 0 Å². The van der Waals surface area contributed by atoms with Crippen molar-refractivity contribution < 1.29 is 4.52 Å². The lowest BCUT2D eigenvalue weighted by atomic mass is 10.1. The summed E-state index contributed by atoms with van der Waals surface area (Å²) in [7, 11) is 2.10. The summed E-state index contributed by atoms with van der Waals surface area (Å²) >= 11 is 0. The Morgan fingerprint density at radius 3 is 2.90 bits per heavy atom. The summed E-state index contributed by atoms with van der Waals surface area (Å²) in [4.78, 5) is 10.8. The Labute approximate surface area is 130 Å². The number of halogens is 1. The Morgan fingerprint density at radius 2 is 2.14 bits per heavy atom. The number of aryl methyl sites for hydroxylation is 2. The highest BCUT2D eigenvalue weighted by atomic mass is 35.5. The zero-order chi connectivity index (χ0) is 13.8. The maximum atomic E-state index is 5.36. The van der Waals surface area contributed by atoms with Gasteiger partial charge in [-0.05, 0) is 31.2 Å². The van der Waals surface area contributed by atoms with E-state index in [1.165, 1.54) is 5.56 Å². The first kappa shape index (κ1) is 15.9. The molecule has 1 fully saturated rings. The normalized spacial score (nSPS) is 19.2. The molecule has 0 saturated carbocycles. The lowest BCUT2D eigenvalue weighted by Crippen LogP contribution is -2.44. The van der Waals surface area contributed by atoms with Gasteiger partial charge in [0.2, 0.25) is 5.89 Å². The number of likely N-dealkylation sites (N-methyl/N-ethyl adjacent to an activating group) is 1. The van der Waals surface area contributed by atoms with Crippen LogP contribution in [0, 0.1) is 0 Å². The van der Waals surface area contributed by atoms with E-state index in [1.54, 1.807) is 12.4 Å². The van der Waals surface area contributed by atoms with Crippen LogP contribution < -0.4 is 5.32 Å². The number of hydrogen-bond donors (Lipinski definition) is 1. The van der Waals surface area contributed by atoms with Crippen LogP contribution in [-0.2, 0) is 12.8 Å². The van der Waals surface area contributed by atoms with Crippen LogP contribution in [0.3, 0.4) is 0 Å². The van der Waals surface area contributed by atoms with Crippen molar-refractivity contribution in [3.8, 4) is 0 Å². The fourth-order valence-electron chi connectivity index (χ4n) is 2.40. The average Bonchev–Trinajstić information content (AvgIpc) is 2.95. The van der Waals surface area contributed by atoms with Crippen molar-refractivity contribution in [2.75, 3.05) is 26.7 Å². The summed E-state index contributed by atoms with van der Waals surface area (Å²) in [5.41, 5.74) is 1.23. The molecule has 114 valence electrons. The second-order valence-corrected chi connectivity index (χ2v) is 5.10. The molecule has 1 aliphatic rings. The van der Waals surface area contributed by atoms with Crippen molar-refractivity contribution in [1.82, 2.24) is 25.3 Å². The molecule has 0 aromatic carbocycles. The first-order valence-electron chi connectivity index (χ1n) is 6.95. The van der Waals surface area contributed by atoms with E-state index in [1.807, 2.05) is 12.1 Å². The van der Waals surface area contributed by atoms with Gasteiger partial charge in [0.15, 0.2) is 5.82 Å². The van der Waals surface area contributed by atoms with Crippen LogP contribution in [0.1, 0.15) is 23.3 Å². The lowest BCUT2D eigenvalue weighted by molar-refractivity contribution is 0.190. The Morgan fingerprint density at radius 1 is 1.33 bits per heavy atom. The van der Waals surface area contributed by atoms with Gasteiger partial charge < -0.3 is 9.84 Å². The Hall–Kier alpha value is -1.50. The van der Waals surface area contributed by atoms with Gasteiger partial charge in [-0.15, -0.1) is 12.4 Å². The van der Waals surface area contributed by atoms with Gasteiger partial charge in [0, 0.05) is 38.4 Å². The van der Waals surface area contributed by atoms with Crippen LogP contribution in [-0.4, -0.2) is 46.7 Å². The van der Waals surface area contributed by atoms with Crippen LogP contribution in [0.4, 0.5) is 0 Å². The molecule has 1 N–H and O–H groups in total. The van der Waals surface area contributed by atoms with E-state index in [4.69, 9.17) is 4.52 Å². The molecule has 0 bridgehead atoms. The maximum Gasteiger partial charge on any atom is 0.227 e. The summed E-state index contributed by atoms with van der Waals surface area (Å²) in [6.45, 7) is 2.89. The number of hydrogen-bond acceptors (Lipinski definition) is 6. The van der Waals surface area contributed by atoms with Gasteiger partial charge >= 0.3 is 0 Å². The summed E-state index contributed by atoms with van der Waals surface area (Å²) in [6.07, 6.45) is 5.26. The van der Waals surface area contributed by atoms with Crippen molar-refractivity contribution in [3.63, 3.8) is 0 Å². The Balaban J connectivity index is 0.00000161. The van der Waals surface area contributed by atoms with Crippen molar-refractivity contribution >= 4 is 12.4 Å². The molecular formula is C14H20ClN5O. The fourth-order valence-corrected chi connectivity index (χ4v) is 2.40. The van der Waals surface area contributed by atoms with Gasteiger partial charge in [0.1, 0.15) is 0 Å². The molecule has 0 radical (unpaired) electrons. The molecular weight excluding hydrogens is 290 g/mol. The Bertz CT molecular complexity index is 547. The van der Waals surface area contributed by atoms with Crippen LogP contribution in [0.2, 0.25) is 0 Å². The molecule has 3 rings (SSSR count). The first-order chi connectivity index (χ1) is 9.83. The zero-order valence-electron chi connectivity index (χ0n) is 12.0. The van der Waals surface area contributed by atoms with Crippen LogP contribution >= 0.6 is 12.4 Å². The maximum absolute atomic E-state index is 5.36. The van der Waals surface area contributed by atoms with E-state index < -0.39 is 0 Å². The van der Waals surface area contributed by atoms with E-state index in [-0.39, 0.29) is 18.4 Å². The van der Waals surface area contributed by atoms with Crippen LogP contribution in [0.5, 0.6) is 0 Å². The van der Waals surface area contributed by atoms with Crippen molar-refractivity contribution in [2.24, 2.45) is 0 Å². The van der Waals surface area contributed by atoms with Gasteiger partial charge in [-0.25, -0.2) is 0 Å². The minimum atomic E-state index is 0. The van der Waals surface area contributed by atoms with Gasteiger partial charge in [0.05, 0.1) is 6.04 Å². The molecule has 1 saturated heterocycles. The highest BCUT2D eigenvalue weighted by Gasteiger charge is 2.24. The van der Waals surface area contributed by atoms with E-state index in [0.717, 1.165) is 38.3 Å². The molecule has 1 atom stereocenters. The molecule has 2 aromatic heterocycles. The topological polar surface area (TPSA) is 67.1 Å². The van der Waals surface area contributed by atoms with Gasteiger partial charge in [0.25, 0.3) is 0 Å². The molecule has 1 unspecified atom stereocenters. The van der Waals surface area contributed by atoms with E-state index in [0.29, 0.717) is 5.89 Å². The van der Waals surface area contributed by atoms with Gasteiger partial charge in [-0.3, -0.25) is 9.88 Å². The second kappa shape index (κ2) is 7.49. The molecule has 1 aliphatic heterocycles. The molecule has 0 aliphatic carbocycles. The van der Waals surface area contributed by atoms with Crippen molar-refractivity contribution in [1.29, 1.82) is 0 Å². The summed E-state index contributed by atoms with van der Waals surface area (Å²) < 4.78 is 5.36. The summed E-state index contributed by atoms with van der Waals surface area (Å²) in [5, 5.41) is 7.48. The van der Waals surface area contributed by atoms with Crippen LogP contribution in [0.25, 0.3) is 0 Å². The molecule has 0 spiro atoms. The molecule has 6 nitrogen and oxygen atoms in total. The lowest BCUT2D eigenvalue weighted by Gasteiger charge is -2.30. The number of nitrogens with zero attached hydrogens (tertiary/aromatic N) is 4. The summed E-state index contributed by atoms with van der Waals surface area (Å²) in [5.74, 6) is 1.49. The third kappa shape index (κ3) is 4.00. The number of piperazine rings is 1. The average molecular weight is 310 g/mol. The van der Waals surface area contributed by atoms with Gasteiger partial charge in [-0.1, -0.05) is 5.16 Å². The third-order valence-electron chi connectivity index (χ3n) is 3.67. The predicted molar refractivity (Wildman–Crippen MR) is 81.4 cm³/mol. The largest absolute Gasteiger partial charge is 0.339 e. The van der Waals surface area contributed by atoms with E-state index in [9.17, 15) is 0 Å². The quantitative estimate of drug-likeness (QED) is 0.917. The standard InChI is InChI=1S/C14H19N5O.ClH/c1-19-9-8-16-10-12(19)14-17-13(20-18-14)3-2-11-4-6-15-7-5-11;/h4-7,12,16H,2-3,8-10H2,1H3;1H. The highest BCUT2D eigenvalue weighted by molar-refractivity contribution is 5.85. The number of rotatable bonds is 4. The van der Waals surface area contributed by atoms with Crippen LogP contribution in [0.15, 0.2) is 29.0 Å². The summed E-state index contributed by atoms with van der Waals surface area (Å²) in [6, 6.07) is 4.23. The SMILES string of the molecule is CN1CCNCC1c1noc(CCc2ccncc2)n1.Cl. The second-order valence-electron chi connectivity index (χ2n) is 5.10. The molecule has 2 aromatic rings. The highest BCUT2D eigenvalue weighted by Crippen LogP contribution is 2.18. The minimum absolute atomic E-state index is 0. The molecule has 7 heteroatoms. The number of pyridine rings is 1. The first-order valence-corrected chi connectivity index (χ1v) is 6.95. The fraction of sp³-hybridized carbons (Fsp3) is 0.500. The number of nitrogens with one attached hydrogen (secondary N) is 1. The third-order valence-corrected chi connectivity index (χ3v) is 3.67. The number of aromatic nitrogens is 3. The van der Waals surface area contributed by atoms with Crippen molar-refractivity contribution in [2.45, 2.75) is 18.9 Å². The predicted octanol–water partition coefficient (Wildman–Crippen LogP) is 1.25. The monoisotopic (exact) mass is 309 g/mol. The molecule has 3 heterocycles. The van der Waals surface area contributed by atoms with Gasteiger partial charge in [-0.2, -0.15) is 4.98 Å². The molecule has 0 amide bonds. The Kier molecular flexibility index (Phi) is 5.67. The smallest absolute Gasteiger partial charge is 0.227 e. The molecule has 21 heavy (non-hydrogen) atoms. The minimum Gasteiger partial charge on any atom is -0.339 e. The zero-order valence-corrected chi connectivity index (χ0v) is 12.8. The van der Waals surface area contributed by atoms with Crippen molar-refractivity contribution in [3.05, 3.63) is 41.8 Å².